The SMILES string of the molecule is C#Cc1c(F)ccc2cc(O)cc(-c3nc4c5c(nc(CCCN6CCCCC6)c(C)c5c3F)N3C[C@H]5CC[C@H](N5)[C@H]3[C@H](C)O4)c12. The van der Waals surface area contributed by atoms with Crippen LogP contribution in [0.2, 0.25) is 0 Å². The van der Waals surface area contributed by atoms with Gasteiger partial charge in [-0.25, -0.2) is 18.7 Å². The van der Waals surface area contributed by atoms with Crippen LogP contribution in [0.4, 0.5) is 14.6 Å². The molecule has 2 bridgehead atoms. The van der Waals surface area contributed by atoms with E-state index in [1.165, 1.54) is 43.5 Å². The minimum atomic E-state index is -0.593. The van der Waals surface area contributed by atoms with Crippen LogP contribution < -0.4 is 15.0 Å². The third kappa shape index (κ3) is 4.68. The van der Waals surface area contributed by atoms with E-state index in [0.29, 0.717) is 33.5 Å². The highest BCUT2D eigenvalue weighted by Gasteiger charge is 2.47. The van der Waals surface area contributed by atoms with Gasteiger partial charge in [-0.15, -0.1) is 6.42 Å². The van der Waals surface area contributed by atoms with E-state index in [4.69, 9.17) is 21.1 Å². The molecular weight excluding hydrogens is 584 g/mol. The molecule has 3 fully saturated rings. The molecule has 0 aliphatic carbocycles. The topological polar surface area (TPSA) is 73.8 Å². The van der Waals surface area contributed by atoms with Gasteiger partial charge in [0.2, 0.25) is 5.88 Å². The Hall–Kier alpha value is -4.00. The lowest BCUT2D eigenvalue weighted by Crippen LogP contribution is -2.62. The minimum absolute atomic E-state index is 0.00118. The van der Waals surface area contributed by atoms with Gasteiger partial charge in [0.05, 0.1) is 17.0 Å². The smallest absolute Gasteiger partial charge is 0.226 e. The lowest BCUT2D eigenvalue weighted by atomic mass is 9.94. The molecule has 3 saturated heterocycles. The second-order valence-corrected chi connectivity index (χ2v) is 13.5. The highest BCUT2D eigenvalue weighted by molar-refractivity contribution is 6.06. The van der Waals surface area contributed by atoms with Gasteiger partial charge in [0.1, 0.15) is 29.2 Å². The Morgan fingerprint density at radius 2 is 1.91 bits per heavy atom. The van der Waals surface area contributed by atoms with Crippen molar-refractivity contribution in [2.45, 2.75) is 83.0 Å². The summed E-state index contributed by atoms with van der Waals surface area (Å²) < 4.78 is 39.0. The van der Waals surface area contributed by atoms with Crippen LogP contribution in [-0.2, 0) is 6.42 Å². The van der Waals surface area contributed by atoms with Gasteiger partial charge in [-0.2, -0.15) is 0 Å². The van der Waals surface area contributed by atoms with Crippen molar-refractivity contribution in [1.82, 2.24) is 20.2 Å². The van der Waals surface area contributed by atoms with Crippen LogP contribution >= 0.6 is 0 Å². The van der Waals surface area contributed by atoms with Crippen LogP contribution in [0, 0.1) is 30.9 Å². The molecule has 4 aromatic rings. The Kier molecular flexibility index (Phi) is 7.26. The second kappa shape index (κ2) is 11.4. The Morgan fingerprint density at radius 3 is 2.72 bits per heavy atom. The molecule has 0 amide bonds. The zero-order chi connectivity index (χ0) is 31.7. The quantitative estimate of drug-likeness (QED) is 0.255. The molecule has 238 valence electrons. The Morgan fingerprint density at radius 1 is 1.09 bits per heavy atom. The fourth-order valence-electron chi connectivity index (χ4n) is 8.53. The Labute approximate surface area is 268 Å². The molecule has 9 heteroatoms. The number of phenols is 1. The first-order chi connectivity index (χ1) is 22.3. The van der Waals surface area contributed by atoms with Crippen LogP contribution in [0.15, 0.2) is 24.3 Å². The van der Waals surface area contributed by atoms with Gasteiger partial charge >= 0.3 is 0 Å². The van der Waals surface area contributed by atoms with Gasteiger partial charge in [0, 0.05) is 40.7 Å². The lowest BCUT2D eigenvalue weighted by Gasteiger charge is -2.43. The van der Waals surface area contributed by atoms with Crippen LogP contribution in [0.25, 0.3) is 32.8 Å². The predicted octanol–water partition coefficient (Wildman–Crippen LogP) is 6.23. The summed E-state index contributed by atoms with van der Waals surface area (Å²) >= 11 is 0. The van der Waals surface area contributed by atoms with Crippen molar-refractivity contribution in [3.63, 3.8) is 0 Å². The summed E-state index contributed by atoms with van der Waals surface area (Å²) in [6, 6.07) is 6.28. The molecule has 8 rings (SSSR count). The highest BCUT2D eigenvalue weighted by Crippen LogP contribution is 2.47. The molecule has 4 atom stereocenters. The Balaban J connectivity index is 1.35. The molecule has 7 nitrogen and oxygen atoms in total. The molecule has 4 aliphatic heterocycles. The van der Waals surface area contributed by atoms with Gasteiger partial charge in [-0.05, 0) is 101 Å². The van der Waals surface area contributed by atoms with Gasteiger partial charge < -0.3 is 25.0 Å². The summed E-state index contributed by atoms with van der Waals surface area (Å²) in [4.78, 5) is 15.0. The van der Waals surface area contributed by atoms with Crippen molar-refractivity contribution < 1.29 is 18.6 Å². The number of ether oxygens (including phenoxy) is 1. The molecule has 2 N–H and O–H groups in total. The van der Waals surface area contributed by atoms with E-state index < -0.39 is 11.6 Å². The molecule has 0 saturated carbocycles. The fourth-order valence-corrected chi connectivity index (χ4v) is 8.53. The van der Waals surface area contributed by atoms with Crippen molar-refractivity contribution in [2.24, 2.45) is 0 Å². The summed E-state index contributed by atoms with van der Waals surface area (Å²) in [7, 11) is 0. The number of piperidine rings is 1. The van der Waals surface area contributed by atoms with Gasteiger partial charge in [-0.1, -0.05) is 18.4 Å². The fraction of sp³-hybridized carbons (Fsp3) is 0.459. The van der Waals surface area contributed by atoms with E-state index in [2.05, 4.69) is 21.0 Å². The average molecular weight is 624 g/mol. The first-order valence-electron chi connectivity index (χ1n) is 16.7. The molecule has 0 radical (unpaired) electrons. The number of aromatic hydroxyl groups is 1. The zero-order valence-corrected chi connectivity index (χ0v) is 26.4. The normalized spacial score (nSPS) is 24.1. The number of phenolic OH excluding ortho intramolecular Hbond substituents is 1. The standard InChI is InChI=1S/C37H39F2N5O2/c1-4-25-27(38)12-10-22-17-24(45)18-26(31(22)25)34-33(39)30-20(2)28(9-8-16-43-14-6-5-7-15-43)41-36-32(30)37(42-34)46-21(3)35-29-13-11-23(40-29)19-44(35)36/h1,10,12,17-18,21,23,29,35,40,45H,5-9,11,13-16,19H2,2-3H3/t21-,23+,29-,35+/m0/s1. The summed E-state index contributed by atoms with van der Waals surface area (Å²) in [6.07, 6.45) is 13.1. The van der Waals surface area contributed by atoms with E-state index in [-0.39, 0.29) is 40.8 Å². The van der Waals surface area contributed by atoms with Gasteiger partial charge in [-0.3, -0.25) is 0 Å². The third-order valence-corrected chi connectivity index (χ3v) is 10.7. The number of pyridine rings is 2. The number of hydrogen-bond acceptors (Lipinski definition) is 7. The van der Waals surface area contributed by atoms with Crippen LogP contribution in [0.1, 0.15) is 62.3 Å². The molecule has 0 spiro atoms. The maximum absolute atomic E-state index is 17.3. The molecule has 2 aromatic heterocycles. The van der Waals surface area contributed by atoms with Crippen molar-refractivity contribution in [2.75, 3.05) is 31.1 Å². The first kappa shape index (κ1) is 29.4. The number of aryl methyl sites for hydroxylation is 2. The molecule has 2 aromatic carbocycles. The summed E-state index contributed by atoms with van der Waals surface area (Å²) in [6.45, 7) is 7.97. The number of rotatable bonds is 5. The molecule has 4 aliphatic rings. The lowest BCUT2D eigenvalue weighted by molar-refractivity contribution is 0.155. The molecular formula is C37H39F2N5O2. The largest absolute Gasteiger partial charge is 0.508 e. The maximum Gasteiger partial charge on any atom is 0.226 e. The predicted molar refractivity (Wildman–Crippen MR) is 177 cm³/mol. The second-order valence-electron chi connectivity index (χ2n) is 13.5. The summed E-state index contributed by atoms with van der Waals surface area (Å²) in [5.41, 5.74) is 1.81. The van der Waals surface area contributed by atoms with E-state index in [9.17, 15) is 5.11 Å². The molecule has 46 heavy (non-hydrogen) atoms. The summed E-state index contributed by atoms with van der Waals surface area (Å²) in [5.74, 6) is 2.23. The van der Waals surface area contributed by atoms with E-state index in [1.807, 2.05) is 13.8 Å². The average Bonchev–Trinajstić information content (AvgIpc) is 3.37. The third-order valence-electron chi connectivity index (χ3n) is 10.7. The molecule has 6 heterocycles. The van der Waals surface area contributed by atoms with Crippen LogP contribution in [0.5, 0.6) is 11.6 Å². The molecule has 0 unspecified atom stereocenters. The minimum Gasteiger partial charge on any atom is -0.508 e. The zero-order valence-electron chi connectivity index (χ0n) is 26.4. The number of nitrogens with zero attached hydrogens (tertiary/aromatic N) is 4. The van der Waals surface area contributed by atoms with Crippen molar-refractivity contribution >= 4 is 27.4 Å². The van der Waals surface area contributed by atoms with Crippen molar-refractivity contribution in [1.29, 1.82) is 0 Å². The van der Waals surface area contributed by atoms with E-state index in [1.54, 1.807) is 0 Å². The van der Waals surface area contributed by atoms with E-state index in [0.717, 1.165) is 68.9 Å². The number of hydrogen-bond donors (Lipinski definition) is 2. The van der Waals surface area contributed by atoms with E-state index >= 15 is 8.78 Å². The number of halogens is 2. The number of aromatic nitrogens is 2. The Bertz CT molecular complexity index is 1920. The number of benzene rings is 2. The van der Waals surface area contributed by atoms with Crippen molar-refractivity contribution in [3.8, 4) is 35.2 Å². The van der Waals surface area contributed by atoms with Gasteiger partial charge in [0.15, 0.2) is 5.82 Å². The number of likely N-dealkylation sites (tertiary alicyclic amines) is 1. The highest BCUT2D eigenvalue weighted by atomic mass is 19.1. The number of fused-ring (bicyclic) bond motifs is 6. The maximum atomic E-state index is 17.3. The van der Waals surface area contributed by atoms with Crippen molar-refractivity contribution in [3.05, 3.63) is 52.7 Å². The monoisotopic (exact) mass is 623 g/mol. The number of terminal acetylenes is 1. The first-order valence-corrected chi connectivity index (χ1v) is 16.7. The number of nitrogens with one attached hydrogen (secondary N) is 1. The van der Waals surface area contributed by atoms with Crippen LogP contribution in [0.3, 0.4) is 0 Å². The number of piperazine rings is 1. The number of anilines is 1. The van der Waals surface area contributed by atoms with Crippen LogP contribution in [-0.4, -0.2) is 70.4 Å². The van der Waals surface area contributed by atoms with Gasteiger partial charge in [0.25, 0.3) is 0 Å². The summed E-state index contributed by atoms with van der Waals surface area (Å²) in [5, 5.41) is 16.3.